The van der Waals surface area contributed by atoms with Crippen molar-refractivity contribution in [3.05, 3.63) is 11.1 Å². The zero-order chi connectivity index (χ0) is 12.0. The Kier molecular flexibility index (Phi) is 5.77. The van der Waals surface area contributed by atoms with Crippen LogP contribution in [0.5, 0.6) is 0 Å². The molecular formula is C12H22N2OS. The molecule has 16 heavy (non-hydrogen) atoms. The van der Waals surface area contributed by atoms with Gasteiger partial charge in [0.15, 0.2) is 5.13 Å². The Labute approximate surface area is 102 Å². The Balaban J connectivity index is 2.66. The highest BCUT2D eigenvalue weighted by Gasteiger charge is 2.13. The second kappa shape index (κ2) is 6.86. The van der Waals surface area contributed by atoms with E-state index < -0.39 is 0 Å². The number of hydrogen-bond donors (Lipinski definition) is 1. The third-order valence-electron chi connectivity index (χ3n) is 2.98. The lowest BCUT2D eigenvalue weighted by Gasteiger charge is -2.24. The molecule has 0 aromatic carbocycles. The number of aliphatic hydroxyl groups excluding tert-OH is 1. The quantitative estimate of drug-likeness (QED) is 0.798. The van der Waals surface area contributed by atoms with E-state index >= 15 is 0 Å². The summed E-state index contributed by atoms with van der Waals surface area (Å²) < 4.78 is 0. The molecule has 0 amide bonds. The SMILES string of the molecule is CCC(CC)CN(CC)c1ncc(CO)s1. The number of nitrogens with zero attached hydrogens (tertiary/aromatic N) is 2. The van der Waals surface area contributed by atoms with Crippen molar-refractivity contribution in [2.75, 3.05) is 18.0 Å². The van der Waals surface area contributed by atoms with Crippen LogP contribution in [0.3, 0.4) is 0 Å². The number of rotatable bonds is 7. The van der Waals surface area contributed by atoms with E-state index in [1.54, 1.807) is 17.5 Å². The number of hydrogen-bond acceptors (Lipinski definition) is 4. The molecule has 1 aromatic heterocycles. The first-order valence-corrected chi connectivity index (χ1v) is 6.87. The van der Waals surface area contributed by atoms with Crippen LogP contribution in [0.25, 0.3) is 0 Å². The van der Waals surface area contributed by atoms with E-state index in [1.165, 1.54) is 12.8 Å². The maximum atomic E-state index is 9.03. The lowest BCUT2D eigenvalue weighted by molar-refractivity contribution is 0.285. The molecule has 1 heterocycles. The highest BCUT2D eigenvalue weighted by Crippen LogP contribution is 2.24. The van der Waals surface area contributed by atoms with E-state index in [9.17, 15) is 0 Å². The number of aromatic nitrogens is 1. The Bertz CT molecular complexity index is 297. The second-order valence-electron chi connectivity index (χ2n) is 3.99. The van der Waals surface area contributed by atoms with E-state index in [0.717, 1.165) is 29.0 Å². The molecule has 0 aliphatic carbocycles. The maximum absolute atomic E-state index is 9.03. The van der Waals surface area contributed by atoms with Gasteiger partial charge < -0.3 is 10.0 Å². The minimum Gasteiger partial charge on any atom is -0.391 e. The fourth-order valence-corrected chi connectivity index (χ4v) is 2.56. The van der Waals surface area contributed by atoms with Crippen molar-refractivity contribution in [2.45, 2.75) is 40.2 Å². The molecule has 1 rings (SSSR count). The van der Waals surface area contributed by atoms with Gasteiger partial charge in [-0.1, -0.05) is 38.0 Å². The van der Waals surface area contributed by atoms with Crippen LogP contribution in [0.2, 0.25) is 0 Å². The van der Waals surface area contributed by atoms with Crippen LogP contribution in [0, 0.1) is 5.92 Å². The highest BCUT2D eigenvalue weighted by atomic mass is 32.1. The van der Waals surface area contributed by atoms with E-state index in [-0.39, 0.29) is 6.61 Å². The van der Waals surface area contributed by atoms with Gasteiger partial charge >= 0.3 is 0 Å². The van der Waals surface area contributed by atoms with Crippen molar-refractivity contribution < 1.29 is 5.11 Å². The van der Waals surface area contributed by atoms with E-state index in [2.05, 4.69) is 30.7 Å². The zero-order valence-electron chi connectivity index (χ0n) is 10.4. The standard InChI is InChI=1S/C12H22N2OS/c1-4-10(5-2)8-14(6-3)12-13-7-11(9-15)16-12/h7,10,15H,4-6,8-9H2,1-3H3. The lowest BCUT2D eigenvalue weighted by atomic mass is 10.0. The van der Waals surface area contributed by atoms with Crippen LogP contribution < -0.4 is 4.90 Å². The van der Waals surface area contributed by atoms with E-state index in [1.807, 2.05) is 0 Å². The molecule has 0 radical (unpaired) electrons. The largest absolute Gasteiger partial charge is 0.391 e. The molecule has 92 valence electrons. The van der Waals surface area contributed by atoms with E-state index in [0.29, 0.717) is 0 Å². The van der Waals surface area contributed by atoms with Crippen LogP contribution in [0.4, 0.5) is 5.13 Å². The lowest BCUT2D eigenvalue weighted by Crippen LogP contribution is -2.28. The summed E-state index contributed by atoms with van der Waals surface area (Å²) in [6.45, 7) is 8.78. The van der Waals surface area contributed by atoms with Crippen LogP contribution >= 0.6 is 11.3 Å². The normalized spacial score (nSPS) is 11.1. The van der Waals surface area contributed by atoms with Gasteiger partial charge in [0.25, 0.3) is 0 Å². The monoisotopic (exact) mass is 242 g/mol. The Morgan fingerprint density at radius 2 is 2.06 bits per heavy atom. The van der Waals surface area contributed by atoms with Crippen molar-refractivity contribution in [3.63, 3.8) is 0 Å². The van der Waals surface area contributed by atoms with Crippen LogP contribution in [-0.4, -0.2) is 23.2 Å². The summed E-state index contributed by atoms with van der Waals surface area (Å²) in [5, 5.41) is 10.1. The molecule has 0 unspecified atom stereocenters. The summed E-state index contributed by atoms with van der Waals surface area (Å²) in [5.41, 5.74) is 0. The maximum Gasteiger partial charge on any atom is 0.185 e. The zero-order valence-corrected chi connectivity index (χ0v) is 11.3. The fraction of sp³-hybridized carbons (Fsp3) is 0.750. The second-order valence-corrected chi connectivity index (χ2v) is 5.08. The first-order valence-electron chi connectivity index (χ1n) is 6.05. The third kappa shape index (κ3) is 3.46. The van der Waals surface area contributed by atoms with Gasteiger partial charge in [-0.05, 0) is 12.8 Å². The summed E-state index contributed by atoms with van der Waals surface area (Å²) in [5.74, 6) is 0.737. The topological polar surface area (TPSA) is 36.4 Å². The Morgan fingerprint density at radius 3 is 2.50 bits per heavy atom. The van der Waals surface area contributed by atoms with Crippen molar-refractivity contribution in [1.29, 1.82) is 0 Å². The molecule has 4 heteroatoms. The summed E-state index contributed by atoms with van der Waals surface area (Å²) in [7, 11) is 0. The number of anilines is 1. The molecule has 0 fully saturated rings. The van der Waals surface area contributed by atoms with Gasteiger partial charge in [0.2, 0.25) is 0 Å². The van der Waals surface area contributed by atoms with Gasteiger partial charge in [-0.15, -0.1) is 0 Å². The summed E-state index contributed by atoms with van der Waals surface area (Å²) >= 11 is 1.59. The van der Waals surface area contributed by atoms with Crippen LogP contribution in [-0.2, 0) is 6.61 Å². The Hall–Kier alpha value is -0.610. The first-order chi connectivity index (χ1) is 7.74. The summed E-state index contributed by atoms with van der Waals surface area (Å²) in [6.07, 6.45) is 4.20. The molecule has 0 saturated heterocycles. The van der Waals surface area contributed by atoms with Gasteiger partial charge in [0, 0.05) is 19.3 Å². The third-order valence-corrected chi connectivity index (χ3v) is 4.03. The molecular weight excluding hydrogens is 220 g/mol. The summed E-state index contributed by atoms with van der Waals surface area (Å²) in [4.78, 5) is 7.61. The molecule has 0 saturated carbocycles. The van der Waals surface area contributed by atoms with Crippen LogP contribution in [0.15, 0.2) is 6.20 Å². The Morgan fingerprint density at radius 1 is 1.38 bits per heavy atom. The molecule has 0 aliphatic heterocycles. The molecule has 1 N–H and O–H groups in total. The predicted molar refractivity (Wildman–Crippen MR) is 70.0 cm³/mol. The van der Waals surface area contributed by atoms with Gasteiger partial charge in [-0.2, -0.15) is 0 Å². The molecule has 0 spiro atoms. The molecule has 0 aliphatic rings. The smallest absolute Gasteiger partial charge is 0.185 e. The van der Waals surface area contributed by atoms with Crippen LogP contribution in [0.1, 0.15) is 38.5 Å². The van der Waals surface area contributed by atoms with Crippen molar-refractivity contribution in [3.8, 4) is 0 Å². The number of thiazole rings is 1. The number of aliphatic hydroxyl groups is 1. The van der Waals surface area contributed by atoms with Crippen molar-refractivity contribution in [2.24, 2.45) is 5.92 Å². The fourth-order valence-electron chi connectivity index (χ4n) is 1.72. The molecule has 0 atom stereocenters. The average molecular weight is 242 g/mol. The van der Waals surface area contributed by atoms with Crippen molar-refractivity contribution >= 4 is 16.5 Å². The summed E-state index contributed by atoms with van der Waals surface area (Å²) in [6, 6.07) is 0. The van der Waals surface area contributed by atoms with Gasteiger partial charge in [-0.3, -0.25) is 0 Å². The van der Waals surface area contributed by atoms with Gasteiger partial charge in [0.05, 0.1) is 11.5 Å². The minimum absolute atomic E-state index is 0.0974. The minimum atomic E-state index is 0.0974. The highest BCUT2D eigenvalue weighted by molar-refractivity contribution is 7.15. The first kappa shape index (κ1) is 13.5. The van der Waals surface area contributed by atoms with Gasteiger partial charge in [0.1, 0.15) is 0 Å². The van der Waals surface area contributed by atoms with Gasteiger partial charge in [-0.25, -0.2) is 4.98 Å². The predicted octanol–water partition coefficient (Wildman–Crippen LogP) is 2.90. The molecule has 0 bridgehead atoms. The van der Waals surface area contributed by atoms with Crippen molar-refractivity contribution in [1.82, 2.24) is 4.98 Å². The molecule has 3 nitrogen and oxygen atoms in total. The van der Waals surface area contributed by atoms with E-state index in [4.69, 9.17) is 5.11 Å². The average Bonchev–Trinajstić information content (AvgIpc) is 2.79. The molecule has 1 aromatic rings.